The zero-order valence-electron chi connectivity index (χ0n) is 11.3. The first-order valence-corrected chi connectivity index (χ1v) is 6.54. The van der Waals surface area contributed by atoms with Crippen molar-refractivity contribution < 1.29 is 5.11 Å². The molecule has 1 aromatic heterocycles. The molecular weight excluding hydrogens is 228 g/mol. The monoisotopic (exact) mass is 250 g/mol. The summed E-state index contributed by atoms with van der Waals surface area (Å²) in [6.45, 7) is 7.42. The molecule has 1 aliphatic heterocycles. The van der Waals surface area contributed by atoms with Gasteiger partial charge in [0.2, 0.25) is 0 Å². The molecule has 0 aliphatic carbocycles. The molecule has 2 atom stereocenters. The second kappa shape index (κ2) is 5.10. The first-order chi connectivity index (χ1) is 8.56. The Bertz CT molecular complexity index is 421. The van der Waals surface area contributed by atoms with Crippen LogP contribution >= 0.6 is 0 Å². The first kappa shape index (κ1) is 13.1. The van der Waals surface area contributed by atoms with Crippen molar-refractivity contribution in [2.75, 3.05) is 23.8 Å². The van der Waals surface area contributed by atoms with Crippen LogP contribution in [-0.2, 0) is 0 Å². The smallest absolute Gasteiger partial charge is 0.137 e. The van der Waals surface area contributed by atoms with Crippen LogP contribution in [0.3, 0.4) is 0 Å². The maximum atomic E-state index is 9.55. The SMILES string of the molecule is CC(C)c1c(N)ncnc1N1CCC(C)C1CO. The number of hydrogen-bond donors (Lipinski definition) is 2. The van der Waals surface area contributed by atoms with Gasteiger partial charge in [-0.25, -0.2) is 9.97 Å². The summed E-state index contributed by atoms with van der Waals surface area (Å²) in [6, 6.07) is 0.136. The van der Waals surface area contributed by atoms with Gasteiger partial charge in [0, 0.05) is 12.1 Å². The minimum absolute atomic E-state index is 0.136. The molecule has 2 unspecified atom stereocenters. The van der Waals surface area contributed by atoms with Crippen LogP contribution < -0.4 is 10.6 Å². The quantitative estimate of drug-likeness (QED) is 0.848. The van der Waals surface area contributed by atoms with Crippen molar-refractivity contribution in [1.82, 2.24) is 9.97 Å². The third-order valence-electron chi connectivity index (χ3n) is 3.81. The summed E-state index contributed by atoms with van der Waals surface area (Å²) in [5.41, 5.74) is 6.96. The summed E-state index contributed by atoms with van der Waals surface area (Å²) in [6.07, 6.45) is 2.58. The van der Waals surface area contributed by atoms with E-state index in [9.17, 15) is 5.11 Å². The lowest BCUT2D eigenvalue weighted by Gasteiger charge is -2.29. The summed E-state index contributed by atoms with van der Waals surface area (Å²) in [4.78, 5) is 10.7. The Labute approximate surface area is 108 Å². The Morgan fingerprint density at radius 1 is 1.50 bits per heavy atom. The first-order valence-electron chi connectivity index (χ1n) is 6.54. The third-order valence-corrected chi connectivity index (χ3v) is 3.81. The Morgan fingerprint density at radius 3 is 2.83 bits per heavy atom. The predicted octanol–water partition coefficient (Wildman–Crippen LogP) is 1.39. The summed E-state index contributed by atoms with van der Waals surface area (Å²) in [5, 5.41) is 9.55. The normalized spacial score (nSPS) is 23.9. The maximum Gasteiger partial charge on any atom is 0.137 e. The molecule has 0 spiro atoms. The van der Waals surface area contributed by atoms with E-state index in [2.05, 4.69) is 35.6 Å². The number of aliphatic hydroxyl groups is 1. The predicted molar refractivity (Wildman–Crippen MR) is 72.5 cm³/mol. The van der Waals surface area contributed by atoms with Gasteiger partial charge in [-0.3, -0.25) is 0 Å². The third kappa shape index (κ3) is 2.14. The summed E-state index contributed by atoms with van der Waals surface area (Å²) in [5.74, 6) is 2.19. The number of nitrogens with zero attached hydrogens (tertiary/aromatic N) is 3. The zero-order valence-corrected chi connectivity index (χ0v) is 11.3. The van der Waals surface area contributed by atoms with Gasteiger partial charge in [-0.05, 0) is 18.3 Å². The van der Waals surface area contributed by atoms with Crippen molar-refractivity contribution in [3.05, 3.63) is 11.9 Å². The van der Waals surface area contributed by atoms with E-state index in [0.717, 1.165) is 24.3 Å². The lowest BCUT2D eigenvalue weighted by Crippen LogP contribution is -2.36. The van der Waals surface area contributed by atoms with Gasteiger partial charge < -0.3 is 15.7 Å². The number of anilines is 2. The number of nitrogen functional groups attached to an aromatic ring is 1. The molecule has 5 heteroatoms. The van der Waals surface area contributed by atoms with Gasteiger partial charge in [0.1, 0.15) is 18.0 Å². The molecule has 2 heterocycles. The molecule has 0 bridgehead atoms. The largest absolute Gasteiger partial charge is 0.394 e. The summed E-state index contributed by atoms with van der Waals surface area (Å²) >= 11 is 0. The standard InChI is InChI=1S/C13H22N4O/c1-8(2)11-12(14)15-7-16-13(11)17-5-4-9(3)10(17)6-18/h7-10,18H,4-6H2,1-3H3,(H2,14,15,16). The molecule has 1 fully saturated rings. The van der Waals surface area contributed by atoms with Crippen LogP contribution in [0, 0.1) is 5.92 Å². The van der Waals surface area contributed by atoms with Crippen LogP contribution in [0.2, 0.25) is 0 Å². The molecule has 1 aliphatic rings. The number of aromatic nitrogens is 2. The Morgan fingerprint density at radius 2 is 2.22 bits per heavy atom. The van der Waals surface area contributed by atoms with E-state index in [0.29, 0.717) is 11.7 Å². The molecule has 18 heavy (non-hydrogen) atoms. The molecule has 0 radical (unpaired) electrons. The van der Waals surface area contributed by atoms with Gasteiger partial charge in [-0.2, -0.15) is 0 Å². The van der Waals surface area contributed by atoms with Crippen molar-refractivity contribution in [1.29, 1.82) is 0 Å². The van der Waals surface area contributed by atoms with Gasteiger partial charge >= 0.3 is 0 Å². The molecular formula is C13H22N4O. The van der Waals surface area contributed by atoms with Gasteiger partial charge in [0.05, 0.1) is 12.6 Å². The average molecular weight is 250 g/mol. The highest BCUT2D eigenvalue weighted by atomic mass is 16.3. The number of nitrogens with two attached hydrogens (primary N) is 1. The van der Waals surface area contributed by atoms with Crippen LogP contribution in [0.4, 0.5) is 11.6 Å². The van der Waals surface area contributed by atoms with E-state index >= 15 is 0 Å². The van der Waals surface area contributed by atoms with Crippen molar-refractivity contribution >= 4 is 11.6 Å². The number of aliphatic hydroxyl groups excluding tert-OH is 1. The number of rotatable bonds is 3. The van der Waals surface area contributed by atoms with E-state index in [1.54, 1.807) is 0 Å². The lowest BCUT2D eigenvalue weighted by atomic mass is 10.0. The highest BCUT2D eigenvalue weighted by Crippen LogP contribution is 2.35. The summed E-state index contributed by atoms with van der Waals surface area (Å²) < 4.78 is 0. The molecule has 0 aromatic carbocycles. The van der Waals surface area contributed by atoms with E-state index in [1.165, 1.54) is 6.33 Å². The zero-order chi connectivity index (χ0) is 13.3. The van der Waals surface area contributed by atoms with Crippen molar-refractivity contribution in [2.45, 2.75) is 39.2 Å². The fraction of sp³-hybridized carbons (Fsp3) is 0.692. The molecule has 5 nitrogen and oxygen atoms in total. The topological polar surface area (TPSA) is 75.3 Å². The Hall–Kier alpha value is -1.36. The van der Waals surface area contributed by atoms with Crippen molar-refractivity contribution in [2.24, 2.45) is 5.92 Å². The fourth-order valence-corrected chi connectivity index (χ4v) is 2.73. The van der Waals surface area contributed by atoms with E-state index in [1.807, 2.05) is 0 Å². The second-order valence-electron chi connectivity index (χ2n) is 5.36. The maximum absolute atomic E-state index is 9.55. The van der Waals surface area contributed by atoms with Crippen LogP contribution in [0.5, 0.6) is 0 Å². The van der Waals surface area contributed by atoms with Gasteiger partial charge in [0.15, 0.2) is 0 Å². The van der Waals surface area contributed by atoms with E-state index in [4.69, 9.17) is 5.73 Å². The van der Waals surface area contributed by atoms with Crippen LogP contribution in [0.1, 0.15) is 38.7 Å². The van der Waals surface area contributed by atoms with Crippen LogP contribution in [0.15, 0.2) is 6.33 Å². The van der Waals surface area contributed by atoms with Crippen LogP contribution in [-0.4, -0.2) is 34.3 Å². The second-order valence-corrected chi connectivity index (χ2v) is 5.36. The van der Waals surface area contributed by atoms with Crippen LogP contribution in [0.25, 0.3) is 0 Å². The average Bonchev–Trinajstić information content (AvgIpc) is 2.69. The minimum Gasteiger partial charge on any atom is -0.394 e. The van der Waals surface area contributed by atoms with Gasteiger partial charge in [0.25, 0.3) is 0 Å². The molecule has 100 valence electrons. The Balaban J connectivity index is 2.42. The van der Waals surface area contributed by atoms with Crippen molar-refractivity contribution in [3.8, 4) is 0 Å². The number of hydrogen-bond acceptors (Lipinski definition) is 5. The molecule has 0 saturated carbocycles. The summed E-state index contributed by atoms with van der Waals surface area (Å²) in [7, 11) is 0. The molecule has 3 N–H and O–H groups in total. The minimum atomic E-state index is 0.136. The highest BCUT2D eigenvalue weighted by Gasteiger charge is 2.33. The molecule has 1 aromatic rings. The fourth-order valence-electron chi connectivity index (χ4n) is 2.73. The highest BCUT2D eigenvalue weighted by molar-refractivity contribution is 5.59. The lowest BCUT2D eigenvalue weighted by molar-refractivity contribution is 0.244. The van der Waals surface area contributed by atoms with Crippen molar-refractivity contribution in [3.63, 3.8) is 0 Å². The van der Waals surface area contributed by atoms with E-state index < -0.39 is 0 Å². The van der Waals surface area contributed by atoms with Gasteiger partial charge in [-0.15, -0.1) is 0 Å². The van der Waals surface area contributed by atoms with E-state index in [-0.39, 0.29) is 18.6 Å². The van der Waals surface area contributed by atoms with Gasteiger partial charge in [-0.1, -0.05) is 20.8 Å². The molecule has 2 rings (SSSR count). The molecule has 1 saturated heterocycles. The Kier molecular flexibility index (Phi) is 3.71. The molecule has 0 amide bonds.